The van der Waals surface area contributed by atoms with Crippen molar-refractivity contribution in [2.24, 2.45) is 0 Å². The average Bonchev–Trinajstić information content (AvgIpc) is 3.45. The van der Waals surface area contributed by atoms with E-state index >= 15 is 0 Å². The van der Waals surface area contributed by atoms with Crippen LogP contribution in [-0.4, -0.2) is 32.3 Å². The highest BCUT2D eigenvalue weighted by molar-refractivity contribution is 7.26. The molecule has 5 aromatic rings. The molecule has 0 fully saturated rings. The lowest BCUT2D eigenvalue weighted by Crippen LogP contribution is -2.32. The Morgan fingerprint density at radius 1 is 1.06 bits per heavy atom. The van der Waals surface area contributed by atoms with Crippen LogP contribution >= 0.6 is 34.3 Å². The molecular formula is C24H19ClN4O2S2. The third-order valence-corrected chi connectivity index (χ3v) is 7.67. The fraction of sp³-hybridized carbons (Fsp3) is 0.167. The van der Waals surface area contributed by atoms with Gasteiger partial charge in [0.1, 0.15) is 10.8 Å². The van der Waals surface area contributed by atoms with Crippen molar-refractivity contribution >= 4 is 61.3 Å². The van der Waals surface area contributed by atoms with E-state index in [4.69, 9.17) is 16.6 Å². The lowest BCUT2D eigenvalue weighted by atomic mass is 10.2. The minimum absolute atomic E-state index is 0.0944. The number of carbonyl (C=O) groups excluding carboxylic acids is 1. The number of fused-ring (bicyclic) bond motifs is 2. The first-order valence-corrected chi connectivity index (χ1v) is 12.5. The summed E-state index contributed by atoms with van der Waals surface area (Å²) in [7, 11) is 0. The molecule has 2 aromatic carbocycles. The van der Waals surface area contributed by atoms with E-state index in [-0.39, 0.29) is 18.0 Å². The van der Waals surface area contributed by atoms with Gasteiger partial charge in [-0.15, -0.1) is 22.7 Å². The van der Waals surface area contributed by atoms with Crippen LogP contribution in [0.25, 0.3) is 31.0 Å². The number of aromatic amines is 1. The standard InChI is InChI=1S/C24H19ClN4O2S2/c1-2-11-29(13-21-26-17-12-14(25)7-8-15(17)22(30)28-21)24(31)20-10-9-19(32-20)23-27-16-5-3-4-6-18(16)33-23/h3-10,12H,2,11,13H2,1H3,(H,26,28,30). The summed E-state index contributed by atoms with van der Waals surface area (Å²) in [4.78, 5) is 41.1. The summed E-state index contributed by atoms with van der Waals surface area (Å²) in [5.74, 6) is 0.336. The third kappa shape index (κ3) is 4.42. The molecule has 0 unspecified atom stereocenters. The molecule has 3 heterocycles. The van der Waals surface area contributed by atoms with E-state index < -0.39 is 0 Å². The molecule has 0 aliphatic heterocycles. The number of nitrogens with zero attached hydrogens (tertiary/aromatic N) is 3. The van der Waals surface area contributed by atoms with Crippen molar-refractivity contribution in [1.82, 2.24) is 19.9 Å². The van der Waals surface area contributed by atoms with E-state index in [9.17, 15) is 9.59 Å². The maximum Gasteiger partial charge on any atom is 0.264 e. The number of carbonyl (C=O) groups is 1. The number of hydrogen-bond donors (Lipinski definition) is 1. The third-order valence-electron chi connectivity index (χ3n) is 5.16. The number of H-pyrrole nitrogens is 1. The zero-order valence-corrected chi connectivity index (χ0v) is 20.1. The summed E-state index contributed by atoms with van der Waals surface area (Å²) in [6.07, 6.45) is 0.783. The van der Waals surface area contributed by atoms with Gasteiger partial charge < -0.3 is 9.88 Å². The van der Waals surface area contributed by atoms with E-state index in [1.54, 1.807) is 34.4 Å². The Morgan fingerprint density at radius 2 is 1.91 bits per heavy atom. The zero-order chi connectivity index (χ0) is 22.9. The molecule has 0 bridgehead atoms. The van der Waals surface area contributed by atoms with Gasteiger partial charge in [0.15, 0.2) is 0 Å². The Kier molecular flexibility index (Phi) is 5.97. The summed E-state index contributed by atoms with van der Waals surface area (Å²) in [5.41, 5.74) is 1.22. The highest BCUT2D eigenvalue weighted by atomic mass is 35.5. The highest BCUT2D eigenvalue weighted by Gasteiger charge is 2.20. The number of benzene rings is 2. The SMILES string of the molecule is CCCN(Cc1nc2cc(Cl)ccc2c(=O)[nH]1)C(=O)c1ccc(-c2nc3ccccc3s2)s1. The molecular weight excluding hydrogens is 476 g/mol. The monoisotopic (exact) mass is 494 g/mol. The first-order valence-electron chi connectivity index (χ1n) is 10.5. The van der Waals surface area contributed by atoms with Gasteiger partial charge in [-0.25, -0.2) is 9.97 Å². The first kappa shape index (κ1) is 21.8. The molecule has 0 saturated carbocycles. The van der Waals surface area contributed by atoms with Crippen LogP contribution < -0.4 is 5.56 Å². The molecule has 6 nitrogen and oxygen atoms in total. The predicted octanol–water partition coefficient (Wildman–Crippen LogP) is 5.97. The van der Waals surface area contributed by atoms with Crippen LogP contribution in [0.4, 0.5) is 0 Å². The Balaban J connectivity index is 1.42. The minimum Gasteiger partial charge on any atom is -0.330 e. The number of para-hydroxylation sites is 1. The zero-order valence-electron chi connectivity index (χ0n) is 17.7. The normalized spacial score (nSPS) is 11.3. The van der Waals surface area contributed by atoms with Crippen LogP contribution in [0.1, 0.15) is 28.8 Å². The van der Waals surface area contributed by atoms with E-state index in [1.165, 1.54) is 11.3 Å². The molecule has 166 valence electrons. The largest absolute Gasteiger partial charge is 0.330 e. The fourth-order valence-electron chi connectivity index (χ4n) is 3.64. The van der Waals surface area contributed by atoms with E-state index in [0.717, 1.165) is 26.5 Å². The number of aromatic nitrogens is 3. The van der Waals surface area contributed by atoms with Gasteiger partial charge in [0, 0.05) is 11.6 Å². The van der Waals surface area contributed by atoms with Crippen molar-refractivity contribution in [2.45, 2.75) is 19.9 Å². The summed E-state index contributed by atoms with van der Waals surface area (Å²) in [6.45, 7) is 2.76. The second kappa shape index (κ2) is 9.05. The molecule has 9 heteroatoms. The van der Waals surface area contributed by atoms with Gasteiger partial charge in [-0.3, -0.25) is 9.59 Å². The molecule has 1 N–H and O–H groups in total. The number of halogens is 1. The van der Waals surface area contributed by atoms with Gasteiger partial charge >= 0.3 is 0 Å². The van der Waals surface area contributed by atoms with Gasteiger partial charge in [0.05, 0.1) is 37.4 Å². The summed E-state index contributed by atoms with van der Waals surface area (Å²) >= 11 is 9.11. The number of thiophene rings is 1. The number of nitrogens with one attached hydrogen (secondary N) is 1. The van der Waals surface area contributed by atoms with Crippen molar-refractivity contribution in [3.8, 4) is 9.88 Å². The maximum atomic E-state index is 13.3. The molecule has 5 rings (SSSR count). The molecule has 0 saturated heterocycles. The number of hydrogen-bond acceptors (Lipinski definition) is 6. The average molecular weight is 495 g/mol. The second-order valence-electron chi connectivity index (χ2n) is 7.55. The van der Waals surface area contributed by atoms with Gasteiger partial charge in [-0.05, 0) is 48.9 Å². The molecule has 3 aromatic heterocycles. The minimum atomic E-state index is -0.246. The lowest BCUT2D eigenvalue weighted by molar-refractivity contribution is 0.0744. The van der Waals surface area contributed by atoms with Crippen LogP contribution in [0, 0.1) is 0 Å². The quantitative estimate of drug-likeness (QED) is 0.315. The van der Waals surface area contributed by atoms with Gasteiger partial charge in [0.25, 0.3) is 11.5 Å². The molecule has 0 aliphatic carbocycles. The molecule has 0 spiro atoms. The fourth-order valence-corrected chi connectivity index (χ4v) is 5.80. The van der Waals surface area contributed by atoms with Crippen LogP contribution in [0.15, 0.2) is 59.4 Å². The highest BCUT2D eigenvalue weighted by Crippen LogP contribution is 2.34. The molecule has 33 heavy (non-hydrogen) atoms. The van der Waals surface area contributed by atoms with Crippen molar-refractivity contribution in [3.63, 3.8) is 0 Å². The topological polar surface area (TPSA) is 79.0 Å². The lowest BCUT2D eigenvalue weighted by Gasteiger charge is -2.21. The van der Waals surface area contributed by atoms with Crippen LogP contribution in [-0.2, 0) is 6.54 Å². The Hall–Kier alpha value is -3.07. The van der Waals surface area contributed by atoms with Gasteiger partial charge in [0.2, 0.25) is 0 Å². The van der Waals surface area contributed by atoms with Gasteiger partial charge in [-0.1, -0.05) is 30.7 Å². The van der Waals surface area contributed by atoms with Crippen LogP contribution in [0.2, 0.25) is 5.02 Å². The number of rotatable bonds is 6. The molecule has 1 amide bonds. The van der Waals surface area contributed by atoms with Crippen LogP contribution in [0.5, 0.6) is 0 Å². The Labute approximate surface area is 202 Å². The van der Waals surface area contributed by atoms with Gasteiger partial charge in [-0.2, -0.15) is 0 Å². The van der Waals surface area contributed by atoms with Crippen molar-refractivity contribution in [2.75, 3.05) is 6.54 Å². The molecule has 0 atom stereocenters. The number of thiazole rings is 1. The van der Waals surface area contributed by atoms with Crippen molar-refractivity contribution in [3.05, 3.63) is 80.7 Å². The summed E-state index contributed by atoms with van der Waals surface area (Å²) < 4.78 is 1.12. The number of amides is 1. The molecule has 0 radical (unpaired) electrons. The Bertz CT molecular complexity index is 1510. The van der Waals surface area contributed by atoms with Crippen molar-refractivity contribution < 1.29 is 4.79 Å². The smallest absolute Gasteiger partial charge is 0.264 e. The maximum absolute atomic E-state index is 13.3. The first-order chi connectivity index (χ1) is 16.0. The second-order valence-corrected chi connectivity index (χ2v) is 10.1. The van der Waals surface area contributed by atoms with E-state index in [0.29, 0.717) is 33.2 Å². The summed E-state index contributed by atoms with van der Waals surface area (Å²) in [6, 6.07) is 16.7. The predicted molar refractivity (Wildman–Crippen MR) is 135 cm³/mol. The molecule has 0 aliphatic rings. The summed E-state index contributed by atoms with van der Waals surface area (Å²) in [5, 5.41) is 1.88. The van der Waals surface area contributed by atoms with Crippen LogP contribution in [0.3, 0.4) is 0 Å². The van der Waals surface area contributed by atoms with Crippen molar-refractivity contribution in [1.29, 1.82) is 0 Å². The van der Waals surface area contributed by atoms with E-state index in [1.807, 2.05) is 43.3 Å². The Morgan fingerprint density at radius 3 is 2.73 bits per heavy atom. The van der Waals surface area contributed by atoms with E-state index in [2.05, 4.69) is 9.97 Å².